The van der Waals surface area contributed by atoms with E-state index in [1.807, 2.05) is 6.07 Å². The second kappa shape index (κ2) is 4.81. The molecule has 2 heterocycles. The number of hydrogen-bond donors (Lipinski definition) is 0. The second-order valence-electron chi connectivity index (χ2n) is 3.94. The Balaban J connectivity index is 2.00. The number of halogens is 1. The summed E-state index contributed by atoms with van der Waals surface area (Å²) in [5.74, 6) is 0.624. The fourth-order valence-electron chi connectivity index (χ4n) is 1.89. The number of aromatic nitrogens is 1. The topological polar surface area (TPSA) is 25.4 Å². The van der Waals surface area contributed by atoms with E-state index in [4.69, 9.17) is 16.3 Å². The first kappa shape index (κ1) is 10.7. The van der Waals surface area contributed by atoms with Crippen LogP contribution in [0.25, 0.3) is 0 Å². The molecule has 1 atom stereocenters. The first-order chi connectivity index (χ1) is 7.27. The van der Waals surface area contributed by atoms with Gasteiger partial charge in [0.05, 0.1) is 17.3 Å². The molecule has 1 aromatic rings. The summed E-state index contributed by atoms with van der Waals surface area (Å²) in [7, 11) is 2.06. The summed E-state index contributed by atoms with van der Waals surface area (Å²) in [6, 6.07) is 1.94. The Hall–Kier alpha value is -0.800. The Morgan fingerprint density at radius 3 is 3.20 bits per heavy atom. The Morgan fingerprint density at radius 2 is 2.53 bits per heavy atom. The van der Waals surface area contributed by atoms with E-state index in [9.17, 15) is 0 Å². The predicted octanol–water partition coefficient (Wildman–Crippen LogP) is 2.21. The van der Waals surface area contributed by atoms with Crippen LogP contribution < -0.4 is 4.90 Å². The van der Waals surface area contributed by atoms with E-state index in [-0.39, 0.29) is 0 Å². The van der Waals surface area contributed by atoms with E-state index < -0.39 is 0 Å². The molecule has 0 aromatic carbocycles. The van der Waals surface area contributed by atoms with Crippen molar-refractivity contribution >= 4 is 17.3 Å². The van der Waals surface area contributed by atoms with Crippen molar-refractivity contribution in [2.75, 3.05) is 31.7 Å². The maximum Gasteiger partial charge on any atom is 0.0822 e. The summed E-state index contributed by atoms with van der Waals surface area (Å²) in [6.45, 7) is 2.75. The van der Waals surface area contributed by atoms with Gasteiger partial charge < -0.3 is 9.64 Å². The van der Waals surface area contributed by atoms with Crippen LogP contribution in [0.1, 0.15) is 6.42 Å². The first-order valence-electron chi connectivity index (χ1n) is 5.16. The maximum atomic E-state index is 6.07. The van der Waals surface area contributed by atoms with Crippen LogP contribution in [0.4, 0.5) is 5.69 Å². The zero-order valence-corrected chi connectivity index (χ0v) is 9.57. The molecule has 15 heavy (non-hydrogen) atoms. The number of pyridine rings is 1. The maximum absolute atomic E-state index is 6.07. The van der Waals surface area contributed by atoms with Crippen LogP contribution in [0.2, 0.25) is 5.02 Å². The van der Waals surface area contributed by atoms with Crippen molar-refractivity contribution in [3.05, 3.63) is 23.5 Å². The monoisotopic (exact) mass is 226 g/mol. The molecule has 82 valence electrons. The molecule has 1 saturated heterocycles. The van der Waals surface area contributed by atoms with Crippen molar-refractivity contribution in [2.45, 2.75) is 6.42 Å². The van der Waals surface area contributed by atoms with Gasteiger partial charge in [-0.1, -0.05) is 11.6 Å². The molecule has 0 unspecified atom stereocenters. The SMILES string of the molecule is CN(C[C@@H]1CCOC1)c1ccncc1Cl. The number of nitrogens with zero attached hydrogens (tertiary/aromatic N) is 2. The highest BCUT2D eigenvalue weighted by Gasteiger charge is 2.18. The van der Waals surface area contributed by atoms with Gasteiger partial charge in [0.15, 0.2) is 0 Å². The van der Waals surface area contributed by atoms with Crippen LogP contribution in [0.3, 0.4) is 0 Å². The van der Waals surface area contributed by atoms with Crippen LogP contribution >= 0.6 is 11.6 Å². The van der Waals surface area contributed by atoms with Crippen molar-refractivity contribution in [3.8, 4) is 0 Å². The Bertz CT molecular complexity index is 326. The highest BCUT2D eigenvalue weighted by atomic mass is 35.5. The zero-order valence-electron chi connectivity index (χ0n) is 8.82. The van der Waals surface area contributed by atoms with Gasteiger partial charge in [-0.05, 0) is 12.5 Å². The van der Waals surface area contributed by atoms with Crippen molar-refractivity contribution in [2.24, 2.45) is 5.92 Å². The van der Waals surface area contributed by atoms with E-state index in [0.717, 1.165) is 31.9 Å². The van der Waals surface area contributed by atoms with Gasteiger partial charge >= 0.3 is 0 Å². The molecular weight excluding hydrogens is 212 g/mol. The van der Waals surface area contributed by atoms with Gasteiger partial charge in [0.1, 0.15) is 0 Å². The molecule has 1 aliphatic heterocycles. The van der Waals surface area contributed by atoms with Gasteiger partial charge in [0.2, 0.25) is 0 Å². The average molecular weight is 227 g/mol. The lowest BCUT2D eigenvalue weighted by atomic mass is 10.1. The fraction of sp³-hybridized carbons (Fsp3) is 0.545. The van der Waals surface area contributed by atoms with Crippen molar-refractivity contribution in [1.82, 2.24) is 4.98 Å². The minimum absolute atomic E-state index is 0.624. The summed E-state index contributed by atoms with van der Waals surface area (Å²) in [5.41, 5.74) is 1.04. The molecule has 4 heteroatoms. The molecule has 0 radical (unpaired) electrons. The van der Waals surface area contributed by atoms with E-state index in [0.29, 0.717) is 10.9 Å². The molecule has 1 fully saturated rings. The van der Waals surface area contributed by atoms with Crippen molar-refractivity contribution in [1.29, 1.82) is 0 Å². The molecule has 1 aliphatic rings. The number of hydrogen-bond acceptors (Lipinski definition) is 3. The normalized spacial score (nSPS) is 20.5. The van der Waals surface area contributed by atoms with Crippen LogP contribution in [0.15, 0.2) is 18.5 Å². The lowest BCUT2D eigenvalue weighted by molar-refractivity contribution is 0.186. The van der Waals surface area contributed by atoms with Gasteiger partial charge in [-0.25, -0.2) is 0 Å². The van der Waals surface area contributed by atoms with E-state index in [1.54, 1.807) is 12.4 Å². The van der Waals surface area contributed by atoms with Crippen LogP contribution in [-0.4, -0.2) is 31.8 Å². The Kier molecular flexibility index (Phi) is 3.44. The summed E-state index contributed by atoms with van der Waals surface area (Å²) in [4.78, 5) is 6.15. The minimum atomic E-state index is 0.624. The van der Waals surface area contributed by atoms with Gasteiger partial charge in [-0.2, -0.15) is 0 Å². The summed E-state index contributed by atoms with van der Waals surface area (Å²) in [5, 5.41) is 0.707. The zero-order chi connectivity index (χ0) is 10.7. The van der Waals surface area contributed by atoms with Crippen LogP contribution in [0.5, 0.6) is 0 Å². The van der Waals surface area contributed by atoms with Gasteiger partial charge in [-0.15, -0.1) is 0 Å². The van der Waals surface area contributed by atoms with Crippen LogP contribution in [0, 0.1) is 5.92 Å². The molecule has 0 N–H and O–H groups in total. The standard InChI is InChI=1S/C11H15ClN2O/c1-14(7-9-3-5-15-8-9)11-2-4-13-6-10(11)12/h2,4,6,9H,3,5,7-8H2,1H3/t9-/m0/s1. The quantitative estimate of drug-likeness (QED) is 0.790. The number of ether oxygens (including phenoxy) is 1. The fourth-order valence-corrected chi connectivity index (χ4v) is 2.15. The smallest absolute Gasteiger partial charge is 0.0822 e. The molecule has 0 saturated carbocycles. The number of rotatable bonds is 3. The molecule has 1 aromatic heterocycles. The summed E-state index contributed by atoms with van der Waals surface area (Å²) < 4.78 is 5.35. The van der Waals surface area contributed by atoms with Gasteiger partial charge in [0, 0.05) is 38.5 Å². The molecule has 0 spiro atoms. The summed E-state index contributed by atoms with van der Waals surface area (Å²) >= 11 is 6.07. The molecule has 3 nitrogen and oxygen atoms in total. The molecular formula is C11H15ClN2O. The highest BCUT2D eigenvalue weighted by molar-refractivity contribution is 6.33. The Morgan fingerprint density at radius 1 is 1.67 bits per heavy atom. The third-order valence-electron chi connectivity index (χ3n) is 2.72. The van der Waals surface area contributed by atoms with E-state index in [1.165, 1.54) is 0 Å². The lowest BCUT2D eigenvalue weighted by Gasteiger charge is -2.23. The van der Waals surface area contributed by atoms with Gasteiger partial charge in [0.25, 0.3) is 0 Å². The van der Waals surface area contributed by atoms with Crippen molar-refractivity contribution < 1.29 is 4.74 Å². The van der Waals surface area contributed by atoms with Gasteiger partial charge in [-0.3, -0.25) is 4.98 Å². The second-order valence-corrected chi connectivity index (χ2v) is 4.34. The average Bonchev–Trinajstić information content (AvgIpc) is 2.71. The molecule has 2 rings (SSSR count). The molecule has 0 bridgehead atoms. The lowest BCUT2D eigenvalue weighted by Crippen LogP contribution is -2.25. The third kappa shape index (κ3) is 2.61. The Labute approximate surface area is 95.0 Å². The van der Waals surface area contributed by atoms with E-state index >= 15 is 0 Å². The minimum Gasteiger partial charge on any atom is -0.381 e. The summed E-state index contributed by atoms with van der Waals surface area (Å²) in [6.07, 6.45) is 4.59. The first-order valence-corrected chi connectivity index (χ1v) is 5.53. The third-order valence-corrected chi connectivity index (χ3v) is 3.01. The predicted molar refractivity (Wildman–Crippen MR) is 61.4 cm³/mol. The largest absolute Gasteiger partial charge is 0.381 e. The molecule has 0 aliphatic carbocycles. The number of anilines is 1. The highest BCUT2D eigenvalue weighted by Crippen LogP contribution is 2.25. The molecule has 0 amide bonds. The van der Waals surface area contributed by atoms with Crippen molar-refractivity contribution in [3.63, 3.8) is 0 Å². The van der Waals surface area contributed by atoms with E-state index in [2.05, 4.69) is 16.9 Å². The van der Waals surface area contributed by atoms with Crippen LogP contribution in [-0.2, 0) is 4.74 Å².